The number of anilines is 1. The van der Waals surface area contributed by atoms with E-state index >= 15 is 0 Å². The zero-order chi connectivity index (χ0) is 14.5. The van der Waals surface area contributed by atoms with Crippen molar-refractivity contribution in [1.29, 1.82) is 0 Å². The summed E-state index contributed by atoms with van der Waals surface area (Å²) in [7, 11) is 0. The van der Waals surface area contributed by atoms with Gasteiger partial charge in [0.2, 0.25) is 0 Å². The number of hydrogen-bond donors (Lipinski definition) is 1. The van der Waals surface area contributed by atoms with Crippen molar-refractivity contribution in [2.75, 3.05) is 11.9 Å². The van der Waals surface area contributed by atoms with Gasteiger partial charge in [-0.05, 0) is 31.2 Å². The molecule has 0 radical (unpaired) electrons. The molecular formula is C13H12ClN3O2S. The number of nitro groups is 1. The Labute approximate surface area is 125 Å². The smallest absolute Gasteiger partial charge is 0.301 e. The number of nitrogens with zero attached hydrogens (tertiary/aromatic N) is 2. The van der Waals surface area contributed by atoms with E-state index in [0.717, 1.165) is 4.90 Å². The lowest BCUT2D eigenvalue weighted by molar-refractivity contribution is -0.388. The normalized spacial score (nSPS) is 10.3. The largest absolute Gasteiger partial charge is 0.370 e. The van der Waals surface area contributed by atoms with Crippen LogP contribution in [0.15, 0.2) is 46.3 Å². The molecule has 2 aromatic rings. The van der Waals surface area contributed by atoms with Gasteiger partial charge in [0.05, 0.1) is 4.92 Å². The lowest BCUT2D eigenvalue weighted by atomic mass is 10.4. The molecule has 7 heteroatoms. The third-order valence-electron chi connectivity index (χ3n) is 2.41. The van der Waals surface area contributed by atoms with Crippen molar-refractivity contribution < 1.29 is 4.92 Å². The molecule has 1 aromatic heterocycles. The van der Waals surface area contributed by atoms with Crippen molar-refractivity contribution in [2.24, 2.45) is 0 Å². The van der Waals surface area contributed by atoms with Gasteiger partial charge in [-0.3, -0.25) is 10.1 Å². The molecule has 2 rings (SSSR count). The van der Waals surface area contributed by atoms with Crippen molar-refractivity contribution in [1.82, 2.24) is 4.98 Å². The molecule has 0 aliphatic carbocycles. The number of nitrogens with one attached hydrogen (secondary N) is 1. The van der Waals surface area contributed by atoms with Crippen LogP contribution in [0.2, 0.25) is 5.02 Å². The highest BCUT2D eigenvalue weighted by atomic mass is 35.5. The second-order valence-corrected chi connectivity index (χ2v) is 5.37. The molecule has 104 valence electrons. The van der Waals surface area contributed by atoms with E-state index in [9.17, 15) is 10.1 Å². The summed E-state index contributed by atoms with van der Waals surface area (Å²) in [5, 5.41) is 15.0. The second kappa shape index (κ2) is 6.58. The molecule has 0 aliphatic rings. The third kappa shape index (κ3) is 3.61. The lowest BCUT2D eigenvalue weighted by Gasteiger charge is -2.06. The molecular weight excluding hydrogens is 298 g/mol. The van der Waals surface area contributed by atoms with Gasteiger partial charge < -0.3 is 5.32 Å². The van der Waals surface area contributed by atoms with Crippen LogP contribution in [0, 0.1) is 10.1 Å². The lowest BCUT2D eigenvalue weighted by Crippen LogP contribution is -2.01. The minimum Gasteiger partial charge on any atom is -0.370 e. The summed E-state index contributed by atoms with van der Waals surface area (Å²) in [5.74, 6) is 0.614. The first-order chi connectivity index (χ1) is 9.60. The average molecular weight is 310 g/mol. The van der Waals surface area contributed by atoms with Crippen LogP contribution in [0.1, 0.15) is 6.92 Å². The van der Waals surface area contributed by atoms with E-state index in [4.69, 9.17) is 11.6 Å². The molecule has 20 heavy (non-hydrogen) atoms. The Balaban J connectivity index is 2.36. The molecule has 0 amide bonds. The summed E-state index contributed by atoms with van der Waals surface area (Å²) in [6.45, 7) is 2.64. The number of aromatic nitrogens is 1. The molecule has 1 heterocycles. The Hall–Kier alpha value is -1.79. The highest BCUT2D eigenvalue weighted by Crippen LogP contribution is 2.34. The highest BCUT2D eigenvalue weighted by molar-refractivity contribution is 7.99. The molecule has 5 nitrogen and oxygen atoms in total. The van der Waals surface area contributed by atoms with E-state index < -0.39 is 4.92 Å². The summed E-state index contributed by atoms with van der Waals surface area (Å²) < 4.78 is 0. The van der Waals surface area contributed by atoms with Crippen LogP contribution in [0.25, 0.3) is 0 Å². The van der Waals surface area contributed by atoms with E-state index in [2.05, 4.69) is 10.3 Å². The van der Waals surface area contributed by atoms with Crippen LogP contribution in [0.5, 0.6) is 0 Å². The van der Waals surface area contributed by atoms with Crippen LogP contribution in [0.4, 0.5) is 11.5 Å². The topological polar surface area (TPSA) is 68.1 Å². The van der Waals surface area contributed by atoms with E-state index in [1.165, 1.54) is 17.8 Å². The molecule has 0 saturated heterocycles. The van der Waals surface area contributed by atoms with Crippen molar-refractivity contribution in [2.45, 2.75) is 16.8 Å². The van der Waals surface area contributed by atoms with Gasteiger partial charge in [-0.1, -0.05) is 29.4 Å². The summed E-state index contributed by atoms with van der Waals surface area (Å²) in [5.41, 5.74) is -0.0170. The van der Waals surface area contributed by atoms with Gasteiger partial charge in [0.15, 0.2) is 5.03 Å². The van der Waals surface area contributed by atoms with Crippen molar-refractivity contribution in [3.63, 3.8) is 0 Å². The fraction of sp³-hybridized carbons (Fsp3) is 0.154. The van der Waals surface area contributed by atoms with Crippen LogP contribution < -0.4 is 5.32 Å². The number of rotatable bonds is 5. The maximum atomic E-state index is 11.1. The number of benzene rings is 1. The van der Waals surface area contributed by atoms with E-state index in [1.807, 2.05) is 13.0 Å². The Bertz CT molecular complexity index is 637. The molecule has 0 spiro atoms. The first-order valence-electron chi connectivity index (χ1n) is 5.93. The molecule has 0 unspecified atom stereocenters. The van der Waals surface area contributed by atoms with Crippen molar-refractivity contribution in [3.8, 4) is 0 Å². The maximum absolute atomic E-state index is 11.1. The minimum absolute atomic E-state index is 0.0170. The fourth-order valence-electron chi connectivity index (χ4n) is 1.57. The maximum Gasteiger partial charge on any atom is 0.301 e. The first kappa shape index (κ1) is 14.6. The van der Waals surface area contributed by atoms with Gasteiger partial charge >= 0.3 is 5.69 Å². The average Bonchev–Trinajstić information content (AvgIpc) is 2.39. The van der Waals surface area contributed by atoms with E-state index in [0.29, 0.717) is 22.4 Å². The SMILES string of the molecule is CCNc1ccc([N+](=O)[O-])c(Sc2cccc(Cl)c2)n1. The Morgan fingerprint density at radius 2 is 2.20 bits per heavy atom. The summed E-state index contributed by atoms with van der Waals surface area (Å²) in [4.78, 5) is 15.7. The summed E-state index contributed by atoms with van der Waals surface area (Å²) in [6.07, 6.45) is 0. The molecule has 0 fully saturated rings. The van der Waals surface area contributed by atoms with E-state index in [1.54, 1.807) is 24.3 Å². The summed E-state index contributed by atoms with van der Waals surface area (Å²) in [6, 6.07) is 10.2. The number of pyridine rings is 1. The Morgan fingerprint density at radius 3 is 2.85 bits per heavy atom. The quantitative estimate of drug-likeness (QED) is 0.661. The standard InChI is InChI=1S/C13H12ClN3O2S/c1-2-15-12-7-6-11(17(18)19)13(16-12)20-10-5-3-4-9(14)8-10/h3-8H,2H2,1H3,(H,15,16). The molecule has 1 aromatic carbocycles. The van der Waals surface area contributed by atoms with Gasteiger partial charge in [0.1, 0.15) is 5.82 Å². The van der Waals surface area contributed by atoms with Gasteiger partial charge in [-0.25, -0.2) is 4.98 Å². The monoisotopic (exact) mass is 309 g/mol. The minimum atomic E-state index is -0.435. The molecule has 0 aliphatic heterocycles. The van der Waals surface area contributed by atoms with Crippen LogP contribution in [-0.2, 0) is 0 Å². The predicted octanol–water partition coefficient (Wildman–Crippen LogP) is 4.23. The molecule has 0 saturated carbocycles. The van der Waals surface area contributed by atoms with Crippen LogP contribution in [0.3, 0.4) is 0 Å². The number of halogens is 1. The second-order valence-electron chi connectivity index (χ2n) is 3.87. The van der Waals surface area contributed by atoms with Crippen LogP contribution >= 0.6 is 23.4 Å². The molecule has 0 atom stereocenters. The molecule has 1 N–H and O–H groups in total. The fourth-order valence-corrected chi connectivity index (χ4v) is 2.77. The molecule has 0 bridgehead atoms. The zero-order valence-corrected chi connectivity index (χ0v) is 12.2. The highest BCUT2D eigenvalue weighted by Gasteiger charge is 2.17. The Kier molecular flexibility index (Phi) is 4.81. The van der Waals surface area contributed by atoms with Crippen molar-refractivity contribution in [3.05, 3.63) is 51.5 Å². The van der Waals surface area contributed by atoms with Gasteiger partial charge in [0.25, 0.3) is 0 Å². The van der Waals surface area contributed by atoms with Crippen molar-refractivity contribution >= 4 is 34.9 Å². The number of hydrogen-bond acceptors (Lipinski definition) is 5. The Morgan fingerprint density at radius 1 is 1.40 bits per heavy atom. The van der Waals surface area contributed by atoms with E-state index in [-0.39, 0.29) is 5.69 Å². The zero-order valence-electron chi connectivity index (χ0n) is 10.7. The van der Waals surface area contributed by atoms with Gasteiger partial charge in [-0.15, -0.1) is 0 Å². The predicted molar refractivity (Wildman–Crippen MR) is 80.6 cm³/mol. The van der Waals surface area contributed by atoms with Gasteiger partial charge in [0, 0.05) is 22.5 Å². The first-order valence-corrected chi connectivity index (χ1v) is 7.12. The summed E-state index contributed by atoms with van der Waals surface area (Å²) >= 11 is 7.13. The van der Waals surface area contributed by atoms with Crippen LogP contribution in [-0.4, -0.2) is 16.5 Å². The van der Waals surface area contributed by atoms with Gasteiger partial charge in [-0.2, -0.15) is 0 Å². The third-order valence-corrected chi connectivity index (χ3v) is 3.62.